The van der Waals surface area contributed by atoms with Crippen LogP contribution in [0.5, 0.6) is 0 Å². The number of carbonyl (C=O) groups is 2. The molecule has 0 radical (unpaired) electrons. The monoisotopic (exact) mass is 508 g/mol. The number of likely N-dealkylation sites (tertiary alicyclic amines) is 1. The standard InChI is InChI=1S/C24H26N4OS.C2H2O4/c1-2-8-20(9-3-1)28-18-19(24(26-28)23-11-7-15-30-23)16-25-17-21(22-10-6-14-29-22)27-12-4-5-13-27;3-1(4)2(5)6/h1-3,6-11,14-15,18,21,25H,4-5,12-13,16-17H2;(H,3,4)(H,5,6). The third kappa shape index (κ3) is 6.48. The molecule has 0 amide bonds. The van der Waals surface area contributed by atoms with Crippen LogP contribution in [-0.4, -0.2) is 56.5 Å². The van der Waals surface area contributed by atoms with Crippen molar-refractivity contribution in [2.45, 2.75) is 25.4 Å². The van der Waals surface area contributed by atoms with Crippen LogP contribution in [0.1, 0.15) is 30.2 Å². The van der Waals surface area contributed by atoms with Gasteiger partial charge < -0.3 is 19.9 Å². The molecule has 1 unspecified atom stereocenters. The van der Waals surface area contributed by atoms with Gasteiger partial charge in [0.05, 0.1) is 22.9 Å². The molecule has 4 heterocycles. The van der Waals surface area contributed by atoms with Gasteiger partial charge in [-0.2, -0.15) is 5.10 Å². The number of furan rings is 1. The van der Waals surface area contributed by atoms with Gasteiger partial charge in [0.2, 0.25) is 0 Å². The second-order valence-electron chi connectivity index (χ2n) is 8.28. The van der Waals surface area contributed by atoms with Crippen LogP contribution < -0.4 is 5.32 Å². The molecular weight excluding hydrogens is 480 g/mol. The zero-order valence-corrected chi connectivity index (χ0v) is 20.4. The molecule has 1 saturated heterocycles. The first-order valence-corrected chi connectivity index (χ1v) is 12.5. The van der Waals surface area contributed by atoms with Gasteiger partial charge in [-0.25, -0.2) is 14.3 Å². The fourth-order valence-corrected chi connectivity index (χ4v) is 4.90. The molecule has 3 N–H and O–H groups in total. The molecule has 188 valence electrons. The van der Waals surface area contributed by atoms with Crippen LogP contribution in [0.25, 0.3) is 16.3 Å². The van der Waals surface area contributed by atoms with Crippen LogP contribution >= 0.6 is 11.3 Å². The van der Waals surface area contributed by atoms with E-state index in [1.807, 2.05) is 28.9 Å². The van der Waals surface area contributed by atoms with E-state index in [4.69, 9.17) is 29.3 Å². The fraction of sp³-hybridized carbons (Fsp3) is 0.269. The number of thiophene rings is 1. The van der Waals surface area contributed by atoms with Crippen molar-refractivity contribution in [2.75, 3.05) is 19.6 Å². The molecule has 5 rings (SSSR count). The maximum absolute atomic E-state index is 9.10. The predicted octanol–water partition coefficient (Wildman–Crippen LogP) is 4.28. The maximum Gasteiger partial charge on any atom is 0.414 e. The van der Waals surface area contributed by atoms with Crippen LogP contribution in [0.2, 0.25) is 0 Å². The average Bonchev–Trinajstić information content (AvgIpc) is 3.70. The zero-order chi connectivity index (χ0) is 25.3. The van der Waals surface area contributed by atoms with Gasteiger partial charge in [-0.05, 0) is 61.6 Å². The Morgan fingerprint density at radius 3 is 2.39 bits per heavy atom. The van der Waals surface area contributed by atoms with Crippen LogP contribution in [0.4, 0.5) is 0 Å². The second kappa shape index (κ2) is 12.3. The van der Waals surface area contributed by atoms with Crippen molar-refractivity contribution < 1.29 is 24.2 Å². The largest absolute Gasteiger partial charge is 0.473 e. The number of rotatable bonds is 8. The van der Waals surface area contributed by atoms with E-state index in [0.29, 0.717) is 0 Å². The summed E-state index contributed by atoms with van der Waals surface area (Å²) in [5.41, 5.74) is 3.34. The molecule has 1 aromatic carbocycles. The topological polar surface area (TPSA) is 121 Å². The van der Waals surface area contributed by atoms with Crippen molar-refractivity contribution in [3.05, 3.63) is 83.8 Å². The lowest BCUT2D eigenvalue weighted by molar-refractivity contribution is -0.159. The minimum atomic E-state index is -1.82. The van der Waals surface area contributed by atoms with Crippen molar-refractivity contribution in [3.8, 4) is 16.3 Å². The molecule has 1 atom stereocenters. The van der Waals surface area contributed by atoms with E-state index in [0.717, 1.165) is 43.3 Å². The summed E-state index contributed by atoms with van der Waals surface area (Å²) in [5.74, 6) is -2.60. The van der Waals surface area contributed by atoms with Gasteiger partial charge in [0, 0.05) is 24.8 Å². The molecule has 1 fully saturated rings. The molecule has 9 nitrogen and oxygen atoms in total. The van der Waals surface area contributed by atoms with Crippen molar-refractivity contribution in [3.63, 3.8) is 0 Å². The van der Waals surface area contributed by atoms with Gasteiger partial charge in [0.25, 0.3) is 0 Å². The van der Waals surface area contributed by atoms with Crippen molar-refractivity contribution >= 4 is 23.3 Å². The van der Waals surface area contributed by atoms with E-state index >= 15 is 0 Å². The first-order chi connectivity index (χ1) is 17.5. The summed E-state index contributed by atoms with van der Waals surface area (Å²) in [7, 11) is 0. The van der Waals surface area contributed by atoms with Gasteiger partial charge >= 0.3 is 11.9 Å². The van der Waals surface area contributed by atoms with Crippen molar-refractivity contribution in [1.82, 2.24) is 20.0 Å². The zero-order valence-electron chi connectivity index (χ0n) is 19.6. The molecule has 1 aliphatic heterocycles. The van der Waals surface area contributed by atoms with E-state index in [2.05, 4.69) is 52.1 Å². The number of aliphatic carboxylic acids is 2. The van der Waals surface area contributed by atoms with E-state index in [1.54, 1.807) is 17.6 Å². The highest BCUT2D eigenvalue weighted by molar-refractivity contribution is 7.13. The van der Waals surface area contributed by atoms with Gasteiger partial charge in [-0.1, -0.05) is 24.3 Å². The van der Waals surface area contributed by atoms with Crippen LogP contribution in [0, 0.1) is 0 Å². The van der Waals surface area contributed by atoms with Gasteiger partial charge in [-0.3, -0.25) is 4.90 Å². The lowest BCUT2D eigenvalue weighted by atomic mass is 10.1. The van der Waals surface area contributed by atoms with Gasteiger partial charge in [0.1, 0.15) is 11.5 Å². The third-order valence-corrected chi connectivity index (χ3v) is 6.73. The Hall–Kier alpha value is -3.73. The van der Waals surface area contributed by atoms with Crippen LogP contribution in [0.3, 0.4) is 0 Å². The minimum absolute atomic E-state index is 0.275. The number of nitrogens with zero attached hydrogens (tertiary/aromatic N) is 3. The molecule has 0 bridgehead atoms. The average molecular weight is 509 g/mol. The first-order valence-electron chi connectivity index (χ1n) is 11.6. The molecule has 3 aromatic heterocycles. The maximum atomic E-state index is 9.10. The number of aromatic nitrogens is 2. The number of nitrogens with one attached hydrogen (secondary N) is 1. The van der Waals surface area contributed by atoms with Gasteiger partial charge in [0.15, 0.2) is 0 Å². The Bertz CT molecular complexity index is 1220. The summed E-state index contributed by atoms with van der Waals surface area (Å²) in [4.78, 5) is 21.9. The molecule has 36 heavy (non-hydrogen) atoms. The number of benzene rings is 1. The van der Waals surface area contributed by atoms with Gasteiger partial charge in [-0.15, -0.1) is 11.3 Å². The smallest absolute Gasteiger partial charge is 0.414 e. The molecule has 0 saturated carbocycles. The first kappa shape index (κ1) is 25.4. The summed E-state index contributed by atoms with van der Waals surface area (Å²) in [6, 6.07) is 18.9. The normalized spacial score (nSPS) is 14.2. The Morgan fingerprint density at radius 1 is 1.03 bits per heavy atom. The lowest BCUT2D eigenvalue weighted by Crippen LogP contribution is -2.33. The van der Waals surface area contributed by atoms with Crippen LogP contribution in [-0.2, 0) is 16.1 Å². The summed E-state index contributed by atoms with van der Waals surface area (Å²) in [5, 5.41) is 25.5. The molecule has 0 aliphatic carbocycles. The highest BCUT2D eigenvalue weighted by Gasteiger charge is 2.25. The molecule has 10 heteroatoms. The van der Waals surface area contributed by atoms with E-state index in [1.165, 1.54) is 23.3 Å². The molecule has 0 spiro atoms. The Morgan fingerprint density at radius 2 is 1.78 bits per heavy atom. The molecule has 4 aromatic rings. The van der Waals surface area contributed by atoms with Crippen LogP contribution in [0.15, 0.2) is 76.9 Å². The Balaban J connectivity index is 0.000000455. The van der Waals surface area contributed by atoms with E-state index in [9.17, 15) is 0 Å². The summed E-state index contributed by atoms with van der Waals surface area (Å²) in [6.45, 7) is 3.90. The number of hydrogen-bond acceptors (Lipinski definition) is 7. The number of para-hydroxylation sites is 1. The molecular formula is C26H28N4O5S. The van der Waals surface area contributed by atoms with E-state index in [-0.39, 0.29) is 6.04 Å². The minimum Gasteiger partial charge on any atom is -0.473 e. The summed E-state index contributed by atoms with van der Waals surface area (Å²) >= 11 is 1.73. The Labute approximate surface area is 212 Å². The second-order valence-corrected chi connectivity index (χ2v) is 9.22. The summed E-state index contributed by atoms with van der Waals surface area (Å²) < 4.78 is 7.74. The molecule has 1 aliphatic rings. The predicted molar refractivity (Wildman–Crippen MR) is 136 cm³/mol. The van der Waals surface area contributed by atoms with E-state index < -0.39 is 11.9 Å². The SMILES string of the molecule is O=C(O)C(=O)O.c1ccc(-n2cc(CNCC(c3ccco3)N3CCCC3)c(-c3cccs3)n2)cc1. The third-order valence-electron chi connectivity index (χ3n) is 5.85. The quantitative estimate of drug-likeness (QED) is 0.302. The Kier molecular flexibility index (Phi) is 8.66. The highest BCUT2D eigenvalue weighted by Crippen LogP contribution is 2.29. The summed E-state index contributed by atoms with van der Waals surface area (Å²) in [6.07, 6.45) is 6.46. The van der Waals surface area contributed by atoms with Crippen molar-refractivity contribution in [1.29, 1.82) is 0 Å². The number of hydrogen-bond donors (Lipinski definition) is 3. The number of carboxylic acid groups (broad SMARTS) is 2. The fourth-order valence-electron chi connectivity index (χ4n) is 4.16. The highest BCUT2D eigenvalue weighted by atomic mass is 32.1. The van der Waals surface area contributed by atoms with Crippen molar-refractivity contribution in [2.24, 2.45) is 0 Å². The number of carboxylic acids is 2. The lowest BCUT2D eigenvalue weighted by Gasteiger charge is -2.26.